The maximum absolute atomic E-state index is 12.8. The molecule has 0 aliphatic rings. The van der Waals surface area contributed by atoms with Gasteiger partial charge in [-0.2, -0.15) is 13.2 Å². The van der Waals surface area contributed by atoms with Gasteiger partial charge in [-0.05, 0) is 25.1 Å². The lowest BCUT2D eigenvalue weighted by Crippen LogP contribution is -2.18. The van der Waals surface area contributed by atoms with Crippen molar-refractivity contribution in [2.24, 2.45) is 7.05 Å². The summed E-state index contributed by atoms with van der Waals surface area (Å²) in [6.45, 7) is 1.82. The highest BCUT2D eigenvalue weighted by atomic mass is 32.2. The average molecular weight is 471 g/mol. The first-order valence-corrected chi connectivity index (χ1v) is 10.7. The van der Waals surface area contributed by atoms with Crippen molar-refractivity contribution in [1.29, 1.82) is 0 Å². The van der Waals surface area contributed by atoms with Gasteiger partial charge in [0.2, 0.25) is 11.8 Å². The van der Waals surface area contributed by atoms with Crippen molar-refractivity contribution in [1.82, 2.24) is 19.7 Å². The Morgan fingerprint density at radius 3 is 2.65 bits per heavy atom. The van der Waals surface area contributed by atoms with Crippen molar-refractivity contribution in [3.8, 4) is 0 Å². The van der Waals surface area contributed by atoms with E-state index in [2.05, 4.69) is 25.8 Å². The van der Waals surface area contributed by atoms with Crippen LogP contribution in [-0.4, -0.2) is 37.3 Å². The SMILES string of the molecule is Cc1csc(NC(=O)CSc2nnc(CC(=O)Nc3cccc(C(F)(F)F)c3)n2C)n1. The summed E-state index contributed by atoms with van der Waals surface area (Å²) in [5.41, 5.74) is -0.00572. The fraction of sp³-hybridized carbons (Fsp3) is 0.278. The Labute approximate surface area is 183 Å². The van der Waals surface area contributed by atoms with E-state index < -0.39 is 17.6 Å². The minimum atomic E-state index is -4.50. The number of alkyl halides is 3. The maximum Gasteiger partial charge on any atom is 0.416 e. The van der Waals surface area contributed by atoms with Crippen molar-refractivity contribution in [2.45, 2.75) is 24.7 Å². The Morgan fingerprint density at radius 2 is 1.97 bits per heavy atom. The zero-order valence-corrected chi connectivity index (χ0v) is 18.0. The molecule has 0 bridgehead atoms. The van der Waals surface area contributed by atoms with Gasteiger partial charge in [-0.25, -0.2) is 4.98 Å². The van der Waals surface area contributed by atoms with Gasteiger partial charge in [0.15, 0.2) is 10.3 Å². The molecule has 2 amide bonds. The van der Waals surface area contributed by atoms with Crippen LogP contribution in [0.4, 0.5) is 24.0 Å². The first kappa shape index (κ1) is 22.7. The number of aromatic nitrogens is 4. The summed E-state index contributed by atoms with van der Waals surface area (Å²) in [4.78, 5) is 28.4. The van der Waals surface area contributed by atoms with Crippen molar-refractivity contribution in [3.63, 3.8) is 0 Å². The maximum atomic E-state index is 12.8. The zero-order valence-electron chi connectivity index (χ0n) is 16.4. The number of aryl methyl sites for hydroxylation is 1. The smallest absolute Gasteiger partial charge is 0.326 e. The molecule has 1 aromatic carbocycles. The molecule has 2 N–H and O–H groups in total. The molecular weight excluding hydrogens is 453 g/mol. The van der Waals surface area contributed by atoms with E-state index in [0.717, 1.165) is 29.6 Å². The number of halogens is 3. The highest BCUT2D eigenvalue weighted by Gasteiger charge is 2.30. The second-order valence-corrected chi connectivity index (χ2v) is 8.19. The third-order valence-electron chi connectivity index (χ3n) is 3.92. The van der Waals surface area contributed by atoms with Crippen molar-refractivity contribution < 1.29 is 22.8 Å². The lowest BCUT2D eigenvalue weighted by Gasteiger charge is -2.10. The number of nitrogens with zero attached hydrogens (tertiary/aromatic N) is 4. The number of nitrogens with one attached hydrogen (secondary N) is 2. The molecule has 0 saturated carbocycles. The van der Waals surface area contributed by atoms with E-state index in [4.69, 9.17) is 0 Å². The summed E-state index contributed by atoms with van der Waals surface area (Å²) in [7, 11) is 1.64. The molecule has 3 aromatic rings. The van der Waals surface area contributed by atoms with Crippen molar-refractivity contribution in [3.05, 3.63) is 46.7 Å². The number of benzene rings is 1. The van der Waals surface area contributed by atoms with Crippen LogP contribution in [0.3, 0.4) is 0 Å². The molecule has 0 atom stereocenters. The van der Waals surface area contributed by atoms with E-state index in [1.807, 2.05) is 12.3 Å². The van der Waals surface area contributed by atoms with Gasteiger partial charge in [0, 0.05) is 18.1 Å². The third kappa shape index (κ3) is 6.28. The first-order valence-electron chi connectivity index (χ1n) is 8.82. The number of carbonyl (C=O) groups is 2. The third-order valence-corrected chi connectivity index (χ3v) is 5.81. The van der Waals surface area contributed by atoms with Gasteiger partial charge in [-0.1, -0.05) is 17.8 Å². The minimum absolute atomic E-state index is 0.0330. The van der Waals surface area contributed by atoms with Gasteiger partial charge in [-0.3, -0.25) is 9.59 Å². The molecule has 31 heavy (non-hydrogen) atoms. The average Bonchev–Trinajstić information content (AvgIpc) is 3.25. The molecule has 164 valence electrons. The van der Waals surface area contributed by atoms with Crippen LogP contribution in [0.5, 0.6) is 0 Å². The fourth-order valence-corrected chi connectivity index (χ4v) is 3.88. The van der Waals surface area contributed by atoms with E-state index >= 15 is 0 Å². The standard InChI is InChI=1S/C18H17F3N6O2S2/c1-10-8-30-16(22-10)24-15(29)9-31-17-26-25-13(27(17)2)7-14(28)23-12-5-3-4-11(6-12)18(19,20)21/h3-6,8H,7,9H2,1-2H3,(H,23,28)(H,22,24,29). The summed E-state index contributed by atoms with van der Waals surface area (Å²) in [5.74, 6) is -0.418. The zero-order chi connectivity index (χ0) is 22.6. The largest absolute Gasteiger partial charge is 0.416 e. The van der Waals surface area contributed by atoms with Crippen LogP contribution >= 0.6 is 23.1 Å². The summed E-state index contributed by atoms with van der Waals surface area (Å²) < 4.78 is 39.9. The molecule has 0 aliphatic carbocycles. The second kappa shape index (κ2) is 9.47. The minimum Gasteiger partial charge on any atom is -0.326 e. The van der Waals surface area contributed by atoms with Gasteiger partial charge < -0.3 is 15.2 Å². The van der Waals surface area contributed by atoms with Gasteiger partial charge in [-0.15, -0.1) is 21.5 Å². The molecule has 2 heterocycles. The van der Waals surface area contributed by atoms with Crippen LogP contribution < -0.4 is 10.6 Å². The highest BCUT2D eigenvalue weighted by molar-refractivity contribution is 7.99. The van der Waals surface area contributed by atoms with Crippen LogP contribution in [0.2, 0.25) is 0 Å². The van der Waals surface area contributed by atoms with Gasteiger partial charge in [0.25, 0.3) is 0 Å². The Morgan fingerprint density at radius 1 is 1.19 bits per heavy atom. The quantitative estimate of drug-likeness (QED) is 0.513. The number of rotatable bonds is 7. The number of hydrogen-bond acceptors (Lipinski definition) is 7. The monoisotopic (exact) mass is 470 g/mol. The predicted octanol–water partition coefficient (Wildman–Crippen LogP) is 3.51. The topological polar surface area (TPSA) is 102 Å². The normalized spacial score (nSPS) is 11.4. The van der Waals surface area contributed by atoms with Gasteiger partial charge in [0.1, 0.15) is 5.82 Å². The number of thiazole rings is 1. The summed E-state index contributed by atoms with van der Waals surface area (Å²) in [6.07, 6.45) is -4.69. The van der Waals surface area contributed by atoms with Crippen LogP contribution in [0.25, 0.3) is 0 Å². The Bertz CT molecular complexity index is 1100. The molecule has 13 heteroatoms. The molecule has 0 unspecified atom stereocenters. The lowest BCUT2D eigenvalue weighted by molar-refractivity contribution is -0.137. The van der Waals surface area contributed by atoms with E-state index in [0.29, 0.717) is 16.1 Å². The van der Waals surface area contributed by atoms with Gasteiger partial charge >= 0.3 is 6.18 Å². The Hall–Kier alpha value is -2.93. The number of anilines is 2. The Kier molecular flexibility index (Phi) is 6.95. The van der Waals surface area contributed by atoms with E-state index in [-0.39, 0.29) is 23.8 Å². The summed E-state index contributed by atoms with van der Waals surface area (Å²) >= 11 is 2.46. The second-order valence-electron chi connectivity index (χ2n) is 6.39. The highest BCUT2D eigenvalue weighted by Crippen LogP contribution is 2.30. The number of amides is 2. The molecule has 2 aromatic heterocycles. The Balaban J connectivity index is 1.55. The first-order chi connectivity index (χ1) is 14.6. The van der Waals surface area contributed by atoms with Crippen LogP contribution in [0.1, 0.15) is 17.1 Å². The number of carbonyl (C=O) groups excluding carboxylic acids is 2. The molecule has 0 saturated heterocycles. The summed E-state index contributed by atoms with van der Waals surface area (Å²) in [5, 5.41) is 15.7. The number of hydrogen-bond donors (Lipinski definition) is 2. The molecular formula is C18H17F3N6O2S2. The fourth-order valence-electron chi connectivity index (χ4n) is 2.44. The van der Waals surface area contributed by atoms with Gasteiger partial charge in [0.05, 0.1) is 23.4 Å². The van der Waals surface area contributed by atoms with E-state index in [9.17, 15) is 22.8 Å². The number of thioether (sulfide) groups is 1. The van der Waals surface area contributed by atoms with E-state index in [1.165, 1.54) is 23.5 Å². The van der Waals surface area contributed by atoms with Crippen LogP contribution in [-0.2, 0) is 29.2 Å². The van der Waals surface area contributed by atoms with Crippen LogP contribution in [0.15, 0.2) is 34.8 Å². The molecule has 3 rings (SSSR count). The van der Waals surface area contributed by atoms with Crippen LogP contribution in [0, 0.1) is 6.92 Å². The molecule has 0 aliphatic heterocycles. The van der Waals surface area contributed by atoms with Crippen molar-refractivity contribution in [2.75, 3.05) is 16.4 Å². The molecule has 0 fully saturated rings. The predicted molar refractivity (Wildman–Crippen MR) is 111 cm³/mol. The molecule has 0 spiro atoms. The molecule has 8 nitrogen and oxygen atoms in total. The van der Waals surface area contributed by atoms with E-state index in [1.54, 1.807) is 11.6 Å². The van der Waals surface area contributed by atoms with Crippen molar-refractivity contribution >= 4 is 45.7 Å². The summed E-state index contributed by atoms with van der Waals surface area (Å²) in [6, 6.07) is 4.37. The lowest BCUT2D eigenvalue weighted by atomic mass is 10.2. The molecule has 0 radical (unpaired) electrons.